The van der Waals surface area contributed by atoms with Gasteiger partial charge in [-0.2, -0.15) is 0 Å². The summed E-state index contributed by atoms with van der Waals surface area (Å²) in [5.41, 5.74) is 3.31. The maximum atomic E-state index is 5.82. The van der Waals surface area contributed by atoms with E-state index in [2.05, 4.69) is 29.9 Å². The number of halogens is 1. The number of rotatable bonds is 3. The van der Waals surface area contributed by atoms with Crippen molar-refractivity contribution < 1.29 is 0 Å². The molecule has 3 heteroatoms. The molecule has 13 heavy (non-hydrogen) atoms. The molecule has 1 aromatic heterocycles. The van der Waals surface area contributed by atoms with Crippen molar-refractivity contribution in [1.82, 2.24) is 4.98 Å². The van der Waals surface area contributed by atoms with Gasteiger partial charge in [0.05, 0.1) is 5.88 Å². The summed E-state index contributed by atoms with van der Waals surface area (Å²) in [6, 6.07) is 2.07. The molecule has 0 fully saturated rings. The minimum Gasteiger partial charge on any atom is -0.375 e. The van der Waals surface area contributed by atoms with Gasteiger partial charge in [0, 0.05) is 36.7 Å². The molecule has 0 aliphatic heterocycles. The smallest absolute Gasteiger partial charge is 0.0509 e. The Morgan fingerprint density at radius 2 is 2.23 bits per heavy atom. The van der Waals surface area contributed by atoms with Gasteiger partial charge in [0.25, 0.3) is 0 Å². The molecule has 0 atom stereocenters. The highest BCUT2D eigenvalue weighted by molar-refractivity contribution is 6.17. The van der Waals surface area contributed by atoms with Crippen molar-refractivity contribution in [3.8, 4) is 0 Å². The van der Waals surface area contributed by atoms with Crippen LogP contribution in [0.25, 0.3) is 0 Å². The molecule has 0 radical (unpaired) electrons. The zero-order valence-electron chi connectivity index (χ0n) is 8.34. The van der Waals surface area contributed by atoms with Crippen molar-refractivity contribution in [2.45, 2.75) is 19.7 Å². The molecule has 0 aliphatic carbocycles. The Balaban J connectivity index is 3.07. The Hall–Kier alpha value is -0.760. The van der Waals surface area contributed by atoms with E-state index in [1.807, 2.05) is 13.1 Å². The largest absolute Gasteiger partial charge is 0.375 e. The first-order valence-electron chi connectivity index (χ1n) is 4.41. The van der Waals surface area contributed by atoms with Crippen LogP contribution in [-0.4, -0.2) is 18.6 Å². The van der Waals surface area contributed by atoms with Crippen LogP contribution in [0.2, 0.25) is 0 Å². The van der Waals surface area contributed by atoms with Gasteiger partial charge in [-0.15, -0.1) is 11.6 Å². The molecule has 0 saturated carbocycles. The lowest BCUT2D eigenvalue weighted by atomic mass is 10.2. The van der Waals surface area contributed by atoms with E-state index in [0.717, 1.165) is 17.8 Å². The van der Waals surface area contributed by atoms with Gasteiger partial charge >= 0.3 is 0 Å². The van der Waals surface area contributed by atoms with E-state index >= 15 is 0 Å². The van der Waals surface area contributed by atoms with Crippen LogP contribution in [0.15, 0.2) is 12.3 Å². The number of nitrogens with zero attached hydrogens (tertiary/aromatic N) is 2. The lowest BCUT2D eigenvalue weighted by Gasteiger charge is -2.19. The first-order valence-corrected chi connectivity index (χ1v) is 4.95. The van der Waals surface area contributed by atoms with Crippen LogP contribution in [0, 0.1) is 6.92 Å². The van der Waals surface area contributed by atoms with Crippen LogP contribution >= 0.6 is 11.6 Å². The van der Waals surface area contributed by atoms with E-state index in [1.165, 1.54) is 5.69 Å². The highest BCUT2D eigenvalue weighted by Crippen LogP contribution is 2.20. The molecule has 0 aliphatic rings. The maximum Gasteiger partial charge on any atom is 0.0509 e. The summed E-state index contributed by atoms with van der Waals surface area (Å²) >= 11 is 5.82. The van der Waals surface area contributed by atoms with Crippen molar-refractivity contribution >= 4 is 17.3 Å². The number of anilines is 1. The molecule has 1 aromatic rings. The van der Waals surface area contributed by atoms with E-state index < -0.39 is 0 Å². The topological polar surface area (TPSA) is 16.1 Å². The van der Waals surface area contributed by atoms with Crippen molar-refractivity contribution in [2.24, 2.45) is 0 Å². The molecule has 0 aromatic carbocycles. The number of aryl methyl sites for hydroxylation is 1. The van der Waals surface area contributed by atoms with Crippen LogP contribution in [0.5, 0.6) is 0 Å². The average Bonchev–Trinajstić information content (AvgIpc) is 2.16. The van der Waals surface area contributed by atoms with E-state index in [9.17, 15) is 0 Å². The predicted octanol–water partition coefficient (Wildman–Crippen LogP) is 2.58. The second-order valence-corrected chi connectivity index (χ2v) is 3.37. The van der Waals surface area contributed by atoms with Gasteiger partial charge in [-0.25, -0.2) is 0 Å². The lowest BCUT2D eigenvalue weighted by Crippen LogP contribution is -2.17. The second kappa shape index (κ2) is 4.47. The first-order chi connectivity index (χ1) is 6.19. The third-order valence-corrected chi connectivity index (χ3v) is 2.42. The molecule has 72 valence electrons. The number of pyridine rings is 1. The van der Waals surface area contributed by atoms with Crippen molar-refractivity contribution in [2.75, 3.05) is 18.5 Å². The minimum atomic E-state index is 0.521. The number of hydrogen-bond donors (Lipinski definition) is 0. The van der Waals surface area contributed by atoms with Gasteiger partial charge in [0.1, 0.15) is 0 Å². The van der Waals surface area contributed by atoms with E-state index in [0.29, 0.717) is 5.88 Å². The van der Waals surface area contributed by atoms with Gasteiger partial charge in [-0.3, -0.25) is 4.98 Å². The molecule has 1 rings (SSSR count). The lowest BCUT2D eigenvalue weighted by molar-refractivity contribution is 0.950. The molecule has 0 bridgehead atoms. The highest BCUT2D eigenvalue weighted by atomic mass is 35.5. The Morgan fingerprint density at radius 3 is 2.77 bits per heavy atom. The Bertz CT molecular complexity index is 286. The minimum absolute atomic E-state index is 0.521. The molecule has 0 N–H and O–H groups in total. The fraction of sp³-hybridized carbons (Fsp3) is 0.500. The zero-order chi connectivity index (χ0) is 9.84. The summed E-state index contributed by atoms with van der Waals surface area (Å²) in [7, 11) is 2.06. The fourth-order valence-electron chi connectivity index (χ4n) is 1.20. The Labute approximate surface area is 84.5 Å². The van der Waals surface area contributed by atoms with Crippen LogP contribution < -0.4 is 4.90 Å². The standard InChI is InChI=1S/C10H15ClN2/c1-4-13(3)10-5-8(2)12-7-9(10)6-11/h5,7H,4,6H2,1-3H3. The molecular weight excluding hydrogens is 184 g/mol. The van der Waals surface area contributed by atoms with Gasteiger partial charge in [0.2, 0.25) is 0 Å². The Morgan fingerprint density at radius 1 is 1.54 bits per heavy atom. The average molecular weight is 199 g/mol. The van der Waals surface area contributed by atoms with Crippen LogP contribution in [-0.2, 0) is 5.88 Å². The maximum absolute atomic E-state index is 5.82. The van der Waals surface area contributed by atoms with Crippen LogP contribution in [0.1, 0.15) is 18.2 Å². The number of hydrogen-bond acceptors (Lipinski definition) is 2. The van der Waals surface area contributed by atoms with E-state index in [4.69, 9.17) is 11.6 Å². The van der Waals surface area contributed by atoms with Gasteiger partial charge in [0.15, 0.2) is 0 Å². The molecule has 0 unspecified atom stereocenters. The summed E-state index contributed by atoms with van der Waals surface area (Å²) < 4.78 is 0. The first kappa shape index (κ1) is 10.3. The van der Waals surface area contributed by atoms with Crippen molar-refractivity contribution in [3.05, 3.63) is 23.5 Å². The molecular formula is C10H15ClN2. The molecule has 0 amide bonds. The van der Waals surface area contributed by atoms with Gasteiger partial charge in [-0.1, -0.05) is 0 Å². The molecule has 1 heterocycles. The monoisotopic (exact) mass is 198 g/mol. The highest BCUT2D eigenvalue weighted by Gasteiger charge is 2.05. The fourth-order valence-corrected chi connectivity index (χ4v) is 1.41. The van der Waals surface area contributed by atoms with Gasteiger partial charge in [-0.05, 0) is 19.9 Å². The summed E-state index contributed by atoms with van der Waals surface area (Å²) in [5, 5.41) is 0. The predicted molar refractivity (Wildman–Crippen MR) is 57.5 cm³/mol. The molecule has 2 nitrogen and oxygen atoms in total. The second-order valence-electron chi connectivity index (χ2n) is 3.10. The zero-order valence-corrected chi connectivity index (χ0v) is 9.10. The molecule has 0 saturated heterocycles. The van der Waals surface area contributed by atoms with Crippen molar-refractivity contribution in [3.63, 3.8) is 0 Å². The summed E-state index contributed by atoms with van der Waals surface area (Å²) in [5.74, 6) is 0.521. The third kappa shape index (κ3) is 2.34. The number of aromatic nitrogens is 1. The normalized spacial score (nSPS) is 10.2. The Kier molecular flexibility index (Phi) is 3.55. The third-order valence-electron chi connectivity index (χ3n) is 2.13. The quantitative estimate of drug-likeness (QED) is 0.695. The van der Waals surface area contributed by atoms with E-state index in [-0.39, 0.29) is 0 Å². The van der Waals surface area contributed by atoms with Crippen LogP contribution in [0.4, 0.5) is 5.69 Å². The molecule has 0 spiro atoms. The summed E-state index contributed by atoms with van der Waals surface area (Å²) in [6.07, 6.45) is 1.85. The van der Waals surface area contributed by atoms with E-state index in [1.54, 1.807) is 0 Å². The summed E-state index contributed by atoms with van der Waals surface area (Å²) in [4.78, 5) is 6.39. The number of alkyl halides is 1. The summed E-state index contributed by atoms with van der Waals surface area (Å²) in [6.45, 7) is 5.09. The van der Waals surface area contributed by atoms with Gasteiger partial charge < -0.3 is 4.90 Å². The van der Waals surface area contributed by atoms with Crippen LogP contribution in [0.3, 0.4) is 0 Å². The SMILES string of the molecule is CCN(C)c1cc(C)ncc1CCl. The van der Waals surface area contributed by atoms with Crippen molar-refractivity contribution in [1.29, 1.82) is 0 Å².